The summed E-state index contributed by atoms with van der Waals surface area (Å²) in [4.78, 5) is 22.3. The minimum Gasteiger partial charge on any atom is -0.395 e. The third kappa shape index (κ3) is 3.85. The predicted molar refractivity (Wildman–Crippen MR) is 51.0 cm³/mol. The van der Waals surface area contributed by atoms with E-state index in [9.17, 15) is 9.59 Å². The lowest BCUT2D eigenvalue weighted by Gasteiger charge is -2.10. The van der Waals surface area contributed by atoms with Crippen LogP contribution in [0.25, 0.3) is 0 Å². The summed E-state index contributed by atoms with van der Waals surface area (Å²) in [7, 11) is 0. The number of carbonyl (C=O) groups is 2. The molecule has 1 aliphatic heterocycles. The zero-order chi connectivity index (χ0) is 9.56. The standard InChI is InChI=1S/C6H7NO3.C2H6.CH4/c8-4-3-7-5(9)1-2-6(7)10;1-2;/h1-2,8H,3-4H2;1-2H3;1H4. The van der Waals surface area contributed by atoms with E-state index in [1.54, 1.807) is 0 Å². The number of hydrogen-bond acceptors (Lipinski definition) is 3. The van der Waals surface area contributed by atoms with Crippen LogP contribution in [0.3, 0.4) is 0 Å². The van der Waals surface area contributed by atoms with Crippen molar-refractivity contribution in [2.75, 3.05) is 13.2 Å². The minimum atomic E-state index is -0.348. The maximum atomic E-state index is 10.7. The molecule has 1 heterocycles. The Morgan fingerprint density at radius 3 is 1.92 bits per heavy atom. The third-order valence-corrected chi connectivity index (χ3v) is 1.22. The molecule has 0 saturated carbocycles. The maximum absolute atomic E-state index is 10.7. The van der Waals surface area contributed by atoms with Crippen molar-refractivity contribution in [3.63, 3.8) is 0 Å². The molecular formula is C9H17NO3. The van der Waals surface area contributed by atoms with Crippen molar-refractivity contribution in [2.24, 2.45) is 0 Å². The van der Waals surface area contributed by atoms with Crippen molar-refractivity contribution in [1.82, 2.24) is 4.90 Å². The van der Waals surface area contributed by atoms with Gasteiger partial charge in [0.25, 0.3) is 11.8 Å². The van der Waals surface area contributed by atoms with Gasteiger partial charge in [0, 0.05) is 12.2 Å². The van der Waals surface area contributed by atoms with Crippen LogP contribution in [0.4, 0.5) is 0 Å². The zero-order valence-corrected chi connectivity index (χ0v) is 7.28. The molecule has 0 unspecified atom stereocenters. The lowest BCUT2D eigenvalue weighted by Crippen LogP contribution is -2.32. The van der Waals surface area contributed by atoms with Gasteiger partial charge in [0.2, 0.25) is 0 Å². The topological polar surface area (TPSA) is 57.6 Å². The van der Waals surface area contributed by atoms with Crippen LogP contribution in [0.5, 0.6) is 0 Å². The van der Waals surface area contributed by atoms with Crippen LogP contribution in [0, 0.1) is 0 Å². The molecule has 2 amide bonds. The summed E-state index contributed by atoms with van der Waals surface area (Å²) in [5.74, 6) is -0.696. The fraction of sp³-hybridized carbons (Fsp3) is 0.556. The molecule has 1 aliphatic rings. The summed E-state index contributed by atoms with van der Waals surface area (Å²) in [5, 5.41) is 8.39. The number of aliphatic hydroxyl groups is 1. The monoisotopic (exact) mass is 187 g/mol. The summed E-state index contributed by atoms with van der Waals surface area (Å²) in [6, 6.07) is 0. The van der Waals surface area contributed by atoms with Crippen LogP contribution in [0.15, 0.2) is 12.2 Å². The van der Waals surface area contributed by atoms with Crippen LogP contribution >= 0.6 is 0 Å². The molecule has 76 valence electrons. The highest BCUT2D eigenvalue weighted by Gasteiger charge is 2.21. The van der Waals surface area contributed by atoms with Crippen LogP contribution in [-0.2, 0) is 9.59 Å². The molecule has 0 radical (unpaired) electrons. The predicted octanol–water partition coefficient (Wildman–Crippen LogP) is 0.566. The number of carbonyl (C=O) groups excluding carboxylic acids is 2. The SMILES string of the molecule is C.CC.O=C1C=CC(=O)N1CCO. The molecular weight excluding hydrogens is 170 g/mol. The van der Waals surface area contributed by atoms with Crippen molar-refractivity contribution < 1.29 is 14.7 Å². The summed E-state index contributed by atoms with van der Waals surface area (Å²) in [6.07, 6.45) is 2.38. The van der Waals surface area contributed by atoms with Gasteiger partial charge in [0.15, 0.2) is 0 Å². The highest BCUT2D eigenvalue weighted by molar-refractivity contribution is 6.12. The Morgan fingerprint density at radius 1 is 1.23 bits per heavy atom. The highest BCUT2D eigenvalue weighted by atomic mass is 16.3. The van der Waals surface area contributed by atoms with E-state index < -0.39 is 0 Å². The Hall–Kier alpha value is -1.16. The first-order chi connectivity index (χ1) is 5.75. The van der Waals surface area contributed by atoms with Crippen molar-refractivity contribution in [3.8, 4) is 0 Å². The first-order valence-electron chi connectivity index (χ1n) is 3.90. The molecule has 0 aromatic heterocycles. The normalized spacial score (nSPS) is 13.6. The first-order valence-corrected chi connectivity index (χ1v) is 3.90. The largest absolute Gasteiger partial charge is 0.395 e. The van der Waals surface area contributed by atoms with E-state index in [0.717, 1.165) is 4.90 Å². The van der Waals surface area contributed by atoms with Gasteiger partial charge in [-0.25, -0.2) is 0 Å². The molecule has 13 heavy (non-hydrogen) atoms. The number of rotatable bonds is 2. The number of imide groups is 1. The molecule has 4 heteroatoms. The molecule has 4 nitrogen and oxygen atoms in total. The van der Waals surface area contributed by atoms with Gasteiger partial charge in [-0.2, -0.15) is 0 Å². The average Bonchev–Trinajstić information content (AvgIpc) is 2.40. The summed E-state index contributed by atoms with van der Waals surface area (Å²) in [5.41, 5.74) is 0. The van der Waals surface area contributed by atoms with E-state index in [-0.39, 0.29) is 32.4 Å². The highest BCUT2D eigenvalue weighted by Crippen LogP contribution is 2.01. The number of β-amino-alcohol motifs (C(OH)–C–C–N with tert-alkyl or cyclic N) is 1. The molecule has 1 rings (SSSR count). The molecule has 0 fully saturated rings. The summed E-state index contributed by atoms with van der Waals surface area (Å²) >= 11 is 0. The Bertz CT molecular complexity index is 181. The van der Waals surface area contributed by atoms with Gasteiger partial charge in [-0.15, -0.1) is 0 Å². The van der Waals surface area contributed by atoms with Crippen molar-refractivity contribution in [2.45, 2.75) is 21.3 Å². The van der Waals surface area contributed by atoms with Crippen molar-refractivity contribution in [3.05, 3.63) is 12.2 Å². The fourth-order valence-corrected chi connectivity index (χ4v) is 0.752. The number of hydrogen-bond donors (Lipinski definition) is 1. The third-order valence-electron chi connectivity index (χ3n) is 1.22. The van der Waals surface area contributed by atoms with Crippen LogP contribution in [0.2, 0.25) is 0 Å². The Labute approximate surface area is 78.9 Å². The quantitative estimate of drug-likeness (QED) is 0.643. The average molecular weight is 187 g/mol. The lowest BCUT2D eigenvalue weighted by atomic mass is 10.5. The number of amides is 2. The molecule has 0 saturated heterocycles. The van der Waals surface area contributed by atoms with Gasteiger partial charge in [-0.3, -0.25) is 14.5 Å². The van der Waals surface area contributed by atoms with Crippen molar-refractivity contribution in [1.29, 1.82) is 0 Å². The molecule has 0 aromatic rings. The van der Waals surface area contributed by atoms with Gasteiger partial charge < -0.3 is 5.11 Å². The van der Waals surface area contributed by atoms with Crippen LogP contribution in [0.1, 0.15) is 21.3 Å². The Morgan fingerprint density at radius 2 is 1.62 bits per heavy atom. The molecule has 0 aromatic carbocycles. The van der Waals surface area contributed by atoms with Gasteiger partial charge in [0.1, 0.15) is 0 Å². The molecule has 1 N–H and O–H groups in total. The van der Waals surface area contributed by atoms with E-state index in [0.29, 0.717) is 0 Å². The molecule has 0 aliphatic carbocycles. The van der Waals surface area contributed by atoms with E-state index in [4.69, 9.17) is 5.11 Å². The fourth-order valence-electron chi connectivity index (χ4n) is 0.752. The molecule has 0 spiro atoms. The number of nitrogens with zero attached hydrogens (tertiary/aromatic N) is 1. The second-order valence-corrected chi connectivity index (χ2v) is 1.89. The van der Waals surface area contributed by atoms with Gasteiger partial charge in [-0.05, 0) is 0 Å². The smallest absolute Gasteiger partial charge is 0.253 e. The Balaban J connectivity index is 0. The first kappa shape index (κ1) is 14.4. The van der Waals surface area contributed by atoms with E-state index in [1.165, 1.54) is 12.2 Å². The maximum Gasteiger partial charge on any atom is 0.253 e. The van der Waals surface area contributed by atoms with E-state index in [1.807, 2.05) is 13.8 Å². The van der Waals surface area contributed by atoms with Crippen molar-refractivity contribution >= 4 is 11.8 Å². The number of aliphatic hydroxyl groups excluding tert-OH is 1. The van der Waals surface area contributed by atoms with Gasteiger partial charge in [0.05, 0.1) is 13.2 Å². The van der Waals surface area contributed by atoms with Gasteiger partial charge >= 0.3 is 0 Å². The van der Waals surface area contributed by atoms with E-state index >= 15 is 0 Å². The Kier molecular flexibility index (Phi) is 8.28. The second-order valence-electron chi connectivity index (χ2n) is 1.89. The van der Waals surface area contributed by atoms with E-state index in [2.05, 4.69) is 0 Å². The van der Waals surface area contributed by atoms with Crippen LogP contribution in [-0.4, -0.2) is 35.0 Å². The minimum absolute atomic E-state index is 0. The van der Waals surface area contributed by atoms with Crippen LogP contribution < -0.4 is 0 Å². The molecule has 0 bridgehead atoms. The van der Waals surface area contributed by atoms with Gasteiger partial charge in [-0.1, -0.05) is 21.3 Å². The second kappa shape index (κ2) is 7.49. The summed E-state index contributed by atoms with van der Waals surface area (Å²) in [6.45, 7) is 3.91. The lowest BCUT2D eigenvalue weighted by molar-refractivity contribution is -0.137. The zero-order valence-electron chi connectivity index (χ0n) is 7.28. The molecule has 0 atom stereocenters. The summed E-state index contributed by atoms with van der Waals surface area (Å²) < 4.78 is 0.